The molecule has 9 heteroatoms. The van der Waals surface area contributed by atoms with Crippen LogP contribution in [0.2, 0.25) is 0 Å². The van der Waals surface area contributed by atoms with Gasteiger partial charge < -0.3 is 14.0 Å². The van der Waals surface area contributed by atoms with Crippen LogP contribution in [0.3, 0.4) is 0 Å². The van der Waals surface area contributed by atoms with E-state index in [1.165, 1.54) is 12.1 Å². The molecule has 5 nitrogen and oxygen atoms in total. The van der Waals surface area contributed by atoms with E-state index in [9.17, 15) is 18.0 Å². The quantitative estimate of drug-likeness (QED) is 0.636. The zero-order valence-electron chi connectivity index (χ0n) is 17.6. The highest BCUT2D eigenvalue weighted by molar-refractivity contribution is 6.66. The minimum Gasteiger partial charge on any atom is -0.443 e. The summed E-state index contributed by atoms with van der Waals surface area (Å²) >= 11 is 0. The summed E-state index contributed by atoms with van der Waals surface area (Å²) in [6.07, 6.45) is -5.95. The molecule has 1 saturated heterocycles. The Kier molecular flexibility index (Phi) is 4.87. The van der Waals surface area contributed by atoms with Crippen LogP contribution in [-0.2, 0) is 20.2 Å². The van der Waals surface area contributed by atoms with Crippen molar-refractivity contribution in [2.75, 3.05) is 0 Å². The number of para-hydroxylation sites is 1. The van der Waals surface area contributed by atoms with Gasteiger partial charge in [-0.2, -0.15) is 13.2 Å². The molecule has 158 valence electrons. The molecule has 0 bridgehead atoms. The van der Waals surface area contributed by atoms with Gasteiger partial charge in [-0.1, -0.05) is 18.2 Å². The fraction of sp³-hybridized carbons (Fsp3) is 0.550. The van der Waals surface area contributed by atoms with Crippen LogP contribution in [0.15, 0.2) is 24.3 Å². The van der Waals surface area contributed by atoms with Crippen molar-refractivity contribution in [1.29, 1.82) is 0 Å². The van der Waals surface area contributed by atoms with Gasteiger partial charge in [0.15, 0.2) is 0 Å². The second kappa shape index (κ2) is 6.50. The summed E-state index contributed by atoms with van der Waals surface area (Å²) in [7, 11) is -1.29. The molecular weight excluding hydrogens is 386 g/mol. The molecule has 0 N–H and O–H groups in total. The van der Waals surface area contributed by atoms with Gasteiger partial charge in [0.25, 0.3) is 0 Å². The van der Waals surface area contributed by atoms with Crippen LogP contribution in [0.1, 0.15) is 54.2 Å². The number of benzene rings is 1. The summed E-state index contributed by atoms with van der Waals surface area (Å²) in [6.45, 7) is 11.8. The van der Waals surface area contributed by atoms with E-state index in [1.54, 1.807) is 60.6 Å². The number of aromatic nitrogens is 1. The van der Waals surface area contributed by atoms with Gasteiger partial charge >= 0.3 is 19.4 Å². The standard InChI is InChI=1S/C20H25BF3NO4/c1-17(2,3)27-16(26)25-13-11-9-8-10-12(13)14(15(25)20(22,23)24)21-28-18(4,5)19(6,7)29-21/h8-11H,1-7H3. The molecule has 1 aliphatic heterocycles. The SMILES string of the molecule is CC(C)(C)OC(=O)n1c(C(F)(F)F)c(B2OC(C)(C)C(C)(C)O2)c2ccccc21. The molecule has 0 spiro atoms. The number of rotatable bonds is 1. The lowest BCUT2D eigenvalue weighted by Crippen LogP contribution is -2.41. The van der Waals surface area contributed by atoms with Gasteiger partial charge in [-0.15, -0.1) is 0 Å². The average Bonchev–Trinajstić information content (AvgIpc) is 2.97. The number of fused-ring (bicyclic) bond motifs is 1. The Bertz CT molecular complexity index is 941. The Morgan fingerprint density at radius 2 is 1.55 bits per heavy atom. The van der Waals surface area contributed by atoms with E-state index in [0.717, 1.165) is 0 Å². The van der Waals surface area contributed by atoms with Crippen LogP contribution in [-0.4, -0.2) is 34.6 Å². The van der Waals surface area contributed by atoms with Crippen LogP contribution in [0.25, 0.3) is 10.9 Å². The monoisotopic (exact) mass is 411 g/mol. The Morgan fingerprint density at radius 3 is 2.03 bits per heavy atom. The van der Waals surface area contributed by atoms with Crippen LogP contribution in [0, 0.1) is 0 Å². The largest absolute Gasteiger partial charge is 0.497 e. The number of hydrogen-bond acceptors (Lipinski definition) is 4. The molecule has 2 aromatic rings. The number of ether oxygens (including phenoxy) is 1. The molecule has 2 heterocycles. The predicted octanol–water partition coefficient (Wildman–Crippen LogP) is 4.74. The minimum atomic E-state index is -4.84. The summed E-state index contributed by atoms with van der Waals surface area (Å²) in [5.74, 6) is 0. The van der Waals surface area contributed by atoms with Crippen molar-refractivity contribution in [2.24, 2.45) is 0 Å². The first-order valence-corrected chi connectivity index (χ1v) is 9.35. The van der Waals surface area contributed by atoms with Gasteiger partial charge in [0.1, 0.15) is 11.3 Å². The molecule has 0 amide bonds. The summed E-state index contributed by atoms with van der Waals surface area (Å²) in [5.41, 5.74) is -3.93. The maximum atomic E-state index is 14.2. The van der Waals surface area contributed by atoms with Crippen LogP contribution < -0.4 is 5.46 Å². The highest BCUT2D eigenvalue weighted by Crippen LogP contribution is 2.40. The normalized spacial score (nSPS) is 19.0. The van der Waals surface area contributed by atoms with Gasteiger partial charge in [-0.3, -0.25) is 0 Å². The highest BCUT2D eigenvalue weighted by atomic mass is 19.4. The van der Waals surface area contributed by atoms with Gasteiger partial charge in [0.05, 0.1) is 16.7 Å². The van der Waals surface area contributed by atoms with Crippen LogP contribution >= 0.6 is 0 Å². The van der Waals surface area contributed by atoms with E-state index in [2.05, 4.69) is 0 Å². The number of nitrogens with zero attached hydrogens (tertiary/aromatic N) is 1. The smallest absolute Gasteiger partial charge is 0.443 e. The molecule has 0 radical (unpaired) electrons. The molecule has 1 aliphatic rings. The zero-order chi connectivity index (χ0) is 22.0. The topological polar surface area (TPSA) is 49.7 Å². The van der Waals surface area contributed by atoms with Gasteiger partial charge in [-0.25, -0.2) is 9.36 Å². The highest BCUT2D eigenvalue weighted by Gasteiger charge is 2.56. The van der Waals surface area contributed by atoms with E-state index in [0.29, 0.717) is 4.57 Å². The Balaban J connectivity index is 2.30. The lowest BCUT2D eigenvalue weighted by Gasteiger charge is -2.32. The molecule has 1 aromatic heterocycles. The number of halogens is 3. The molecular formula is C20H25BF3NO4. The maximum Gasteiger partial charge on any atom is 0.497 e. The van der Waals surface area contributed by atoms with Crippen molar-refractivity contribution in [2.45, 2.75) is 71.4 Å². The number of hydrogen-bond donors (Lipinski definition) is 0. The molecule has 29 heavy (non-hydrogen) atoms. The molecule has 1 aromatic carbocycles. The fourth-order valence-electron chi connectivity index (χ4n) is 3.24. The lowest BCUT2D eigenvalue weighted by atomic mass is 9.76. The van der Waals surface area contributed by atoms with E-state index >= 15 is 0 Å². The van der Waals surface area contributed by atoms with Gasteiger partial charge in [-0.05, 0) is 54.5 Å². The van der Waals surface area contributed by atoms with Crippen molar-refractivity contribution in [1.82, 2.24) is 4.57 Å². The third kappa shape index (κ3) is 3.77. The second-order valence-electron chi connectivity index (χ2n) is 9.18. The third-order valence-corrected chi connectivity index (χ3v) is 5.25. The summed E-state index contributed by atoms with van der Waals surface area (Å²) in [6, 6.07) is 6.14. The molecule has 0 atom stereocenters. The lowest BCUT2D eigenvalue weighted by molar-refractivity contribution is -0.142. The number of carbonyl (C=O) groups is 1. The zero-order valence-corrected chi connectivity index (χ0v) is 17.6. The minimum absolute atomic E-state index is 0.0822. The summed E-state index contributed by atoms with van der Waals surface area (Å²) in [4.78, 5) is 12.8. The van der Waals surface area contributed by atoms with Crippen molar-refractivity contribution < 1.29 is 32.0 Å². The molecule has 3 rings (SSSR count). The Hall–Kier alpha value is -2.00. The van der Waals surface area contributed by atoms with Crippen LogP contribution in [0.4, 0.5) is 18.0 Å². The van der Waals surface area contributed by atoms with E-state index in [-0.39, 0.29) is 16.4 Å². The third-order valence-electron chi connectivity index (χ3n) is 5.25. The fourth-order valence-corrected chi connectivity index (χ4v) is 3.24. The molecule has 0 unspecified atom stereocenters. The van der Waals surface area contributed by atoms with Crippen molar-refractivity contribution in [3.63, 3.8) is 0 Å². The van der Waals surface area contributed by atoms with Crippen LogP contribution in [0.5, 0.6) is 0 Å². The Morgan fingerprint density at radius 1 is 1.03 bits per heavy atom. The first-order chi connectivity index (χ1) is 13.1. The first kappa shape index (κ1) is 21.7. The first-order valence-electron chi connectivity index (χ1n) is 9.35. The van der Waals surface area contributed by atoms with Gasteiger partial charge in [0.2, 0.25) is 0 Å². The second-order valence-corrected chi connectivity index (χ2v) is 9.18. The molecule has 0 saturated carbocycles. The summed E-state index contributed by atoms with van der Waals surface area (Å²) < 4.78 is 60.4. The van der Waals surface area contributed by atoms with Crippen molar-refractivity contribution in [3.8, 4) is 0 Å². The van der Waals surface area contributed by atoms with Crippen molar-refractivity contribution in [3.05, 3.63) is 30.0 Å². The molecule has 1 fully saturated rings. The van der Waals surface area contributed by atoms with E-state index in [4.69, 9.17) is 14.0 Å². The number of carbonyl (C=O) groups excluding carboxylic acids is 1. The van der Waals surface area contributed by atoms with E-state index in [1.807, 2.05) is 0 Å². The average molecular weight is 411 g/mol. The maximum absolute atomic E-state index is 14.2. The Labute approximate surface area is 168 Å². The van der Waals surface area contributed by atoms with E-state index < -0.39 is 41.9 Å². The van der Waals surface area contributed by atoms with Crippen molar-refractivity contribution >= 4 is 29.6 Å². The van der Waals surface area contributed by atoms with Gasteiger partial charge in [0, 0.05) is 10.8 Å². The number of alkyl halides is 3. The summed E-state index contributed by atoms with van der Waals surface area (Å²) in [5, 5.41) is 0.226. The molecule has 0 aliphatic carbocycles. The predicted molar refractivity (Wildman–Crippen MR) is 104 cm³/mol.